The molecule has 0 aliphatic heterocycles. The summed E-state index contributed by atoms with van der Waals surface area (Å²) in [5, 5.41) is 6.71. The van der Waals surface area contributed by atoms with Crippen molar-refractivity contribution in [3.8, 4) is 0 Å². The van der Waals surface area contributed by atoms with E-state index in [-0.39, 0.29) is 37.1 Å². The molecule has 12 heteroatoms. The van der Waals surface area contributed by atoms with E-state index in [0.717, 1.165) is 16.7 Å². The number of carbonyl (C=O) groups excluding carboxylic acids is 3. The molecule has 0 saturated heterocycles. The van der Waals surface area contributed by atoms with Crippen LogP contribution < -0.4 is 16.2 Å². The van der Waals surface area contributed by atoms with Gasteiger partial charge in [-0.1, -0.05) is 96.9 Å². The second kappa shape index (κ2) is 20.0. The van der Waals surface area contributed by atoms with Crippen molar-refractivity contribution in [1.82, 2.24) is 25.1 Å². The summed E-state index contributed by atoms with van der Waals surface area (Å²) < 4.78 is 12.7. The molecule has 0 spiro atoms. The molecule has 5 aromatic rings. The fraction of sp³-hybridized carbons (Fsp3) is 0.356. The van der Waals surface area contributed by atoms with E-state index in [9.17, 15) is 19.2 Å². The van der Waals surface area contributed by atoms with E-state index in [1.807, 2.05) is 86.6 Å². The number of halogens is 1. The molecule has 2 unspecified atom stereocenters. The monoisotopic (exact) mass is 793 g/mol. The Morgan fingerprint density at radius 2 is 1.54 bits per heavy atom. The molecule has 2 N–H and O–H groups in total. The molecule has 1 aromatic heterocycles. The van der Waals surface area contributed by atoms with Gasteiger partial charge in [0, 0.05) is 42.7 Å². The minimum atomic E-state index is -0.643. The molecule has 4 aromatic carbocycles. The van der Waals surface area contributed by atoms with Gasteiger partial charge in [0.05, 0.1) is 17.4 Å². The number of nitrogens with one attached hydrogen (secondary N) is 2. The van der Waals surface area contributed by atoms with Gasteiger partial charge in [0.2, 0.25) is 0 Å². The normalized spacial score (nSPS) is 12.4. The van der Waals surface area contributed by atoms with Crippen LogP contribution in [-0.2, 0) is 29.0 Å². The van der Waals surface area contributed by atoms with Gasteiger partial charge in [0.25, 0.3) is 11.5 Å². The summed E-state index contributed by atoms with van der Waals surface area (Å²) in [5.41, 5.74) is 3.00. The van der Waals surface area contributed by atoms with E-state index in [1.54, 1.807) is 60.6 Å². The highest BCUT2D eigenvalue weighted by atomic mass is 35.5. The fourth-order valence-corrected chi connectivity index (χ4v) is 6.62. The predicted molar refractivity (Wildman–Crippen MR) is 224 cm³/mol. The van der Waals surface area contributed by atoms with Crippen LogP contribution in [0.25, 0.3) is 10.9 Å². The molecule has 0 bridgehead atoms. The summed E-state index contributed by atoms with van der Waals surface area (Å²) in [6.45, 7) is 10.5. The summed E-state index contributed by atoms with van der Waals surface area (Å²) in [4.78, 5) is 60.5. The van der Waals surface area contributed by atoms with Crippen LogP contribution in [0.3, 0.4) is 0 Å². The Hall–Kier alpha value is -5.68. The molecule has 5 rings (SSSR count). The molecule has 0 saturated carbocycles. The van der Waals surface area contributed by atoms with Crippen LogP contribution in [0.2, 0.25) is 5.02 Å². The largest absolute Gasteiger partial charge is 0.445 e. The van der Waals surface area contributed by atoms with E-state index < -0.39 is 23.8 Å². The number of alkyl carbamates (subject to hydrolysis) is 2. The average molecular weight is 794 g/mol. The zero-order chi connectivity index (χ0) is 41.0. The van der Waals surface area contributed by atoms with Gasteiger partial charge in [-0.05, 0) is 87.9 Å². The Labute approximate surface area is 339 Å². The first-order valence-corrected chi connectivity index (χ1v) is 19.6. The first-order chi connectivity index (χ1) is 27.2. The number of benzene rings is 4. The molecular weight excluding hydrogens is 742 g/mol. The first-order valence-electron chi connectivity index (χ1n) is 19.3. The van der Waals surface area contributed by atoms with Crippen molar-refractivity contribution in [3.63, 3.8) is 0 Å². The molecule has 0 aliphatic carbocycles. The van der Waals surface area contributed by atoms with E-state index in [1.165, 1.54) is 0 Å². The maximum absolute atomic E-state index is 14.3. The van der Waals surface area contributed by atoms with Gasteiger partial charge in [0.1, 0.15) is 18.0 Å². The molecule has 2 atom stereocenters. The summed E-state index contributed by atoms with van der Waals surface area (Å²) in [6.07, 6.45) is 0.129. The van der Waals surface area contributed by atoms with E-state index in [4.69, 9.17) is 26.1 Å². The van der Waals surface area contributed by atoms with Crippen LogP contribution in [0.15, 0.2) is 108 Å². The lowest BCUT2D eigenvalue weighted by molar-refractivity contribution is 0.0526. The van der Waals surface area contributed by atoms with Gasteiger partial charge >= 0.3 is 12.2 Å². The van der Waals surface area contributed by atoms with Gasteiger partial charge in [-0.2, -0.15) is 0 Å². The van der Waals surface area contributed by atoms with E-state index in [0.29, 0.717) is 59.7 Å². The minimum absolute atomic E-state index is 0.0806. The number of fused-ring (bicyclic) bond motifs is 1. The van der Waals surface area contributed by atoms with Crippen LogP contribution in [0.1, 0.15) is 73.4 Å². The number of hydrogen-bond acceptors (Lipinski definition) is 7. The summed E-state index contributed by atoms with van der Waals surface area (Å²) in [6, 6.07) is 31.0. The second-order valence-corrected chi connectivity index (χ2v) is 15.9. The Bertz CT molecular complexity index is 2170. The van der Waals surface area contributed by atoms with Crippen molar-refractivity contribution >= 4 is 40.6 Å². The Balaban J connectivity index is 1.40. The van der Waals surface area contributed by atoms with Crippen molar-refractivity contribution < 1.29 is 23.9 Å². The van der Waals surface area contributed by atoms with Crippen molar-refractivity contribution in [1.29, 1.82) is 0 Å². The first kappa shape index (κ1) is 42.5. The molecule has 1 heterocycles. The molecule has 11 nitrogen and oxygen atoms in total. The number of hydrogen-bond donors (Lipinski definition) is 2. The van der Waals surface area contributed by atoms with Crippen LogP contribution in [0.4, 0.5) is 9.59 Å². The molecular formula is C45H52ClN5O6. The summed E-state index contributed by atoms with van der Waals surface area (Å²) in [7, 11) is 0. The van der Waals surface area contributed by atoms with Gasteiger partial charge < -0.3 is 25.0 Å². The Morgan fingerprint density at radius 1 is 0.877 bits per heavy atom. The number of aromatic nitrogens is 2. The number of rotatable bonds is 16. The SMILES string of the molecule is Cc1ccc(C(=O)N(CC(C)Cc2nc3cc(Cl)ccc3c(=O)n2Cc2ccccc2)CC(CCCNC(=O)OC(C)(C)C)NC(=O)OCc2ccccc2)cc1. The highest BCUT2D eigenvalue weighted by Crippen LogP contribution is 2.20. The number of amides is 3. The number of aryl methyl sites for hydroxylation is 1. The number of carbonyl (C=O) groups is 3. The second-order valence-electron chi connectivity index (χ2n) is 15.4. The Morgan fingerprint density at radius 3 is 2.21 bits per heavy atom. The molecule has 57 heavy (non-hydrogen) atoms. The average Bonchev–Trinajstić information content (AvgIpc) is 3.17. The summed E-state index contributed by atoms with van der Waals surface area (Å²) >= 11 is 6.33. The topological polar surface area (TPSA) is 132 Å². The standard InChI is InChI=1S/C45H52ClN5O6/c1-31-18-20-35(21-19-31)41(52)50(29-37(17-12-24-47-43(54)57-45(3,4)5)48-44(55)56-30-34-15-10-7-11-16-34)27-32(2)25-40-49-39-26-36(46)22-23-38(39)42(53)51(40)28-33-13-8-6-9-14-33/h6-11,13-16,18-23,26,32,37H,12,17,24-25,27-30H2,1-5H3,(H,47,54)(H,48,55). The zero-order valence-electron chi connectivity index (χ0n) is 33.3. The van der Waals surface area contributed by atoms with Gasteiger partial charge in [-0.15, -0.1) is 0 Å². The predicted octanol–water partition coefficient (Wildman–Crippen LogP) is 8.33. The lowest BCUT2D eigenvalue weighted by Crippen LogP contribution is -2.47. The minimum Gasteiger partial charge on any atom is -0.445 e. The van der Waals surface area contributed by atoms with Crippen molar-refractivity contribution in [2.24, 2.45) is 5.92 Å². The molecule has 3 amide bonds. The van der Waals surface area contributed by atoms with Crippen LogP contribution in [0.5, 0.6) is 0 Å². The molecule has 300 valence electrons. The molecule has 0 aliphatic rings. The zero-order valence-corrected chi connectivity index (χ0v) is 34.1. The lowest BCUT2D eigenvalue weighted by Gasteiger charge is -2.31. The molecule has 0 fully saturated rings. The lowest BCUT2D eigenvalue weighted by atomic mass is 10.0. The quantitative estimate of drug-likeness (QED) is 0.0961. The third kappa shape index (κ3) is 13.2. The van der Waals surface area contributed by atoms with Crippen molar-refractivity contribution in [2.45, 2.75) is 78.7 Å². The van der Waals surface area contributed by atoms with Crippen molar-refractivity contribution in [3.05, 3.63) is 147 Å². The number of ether oxygens (including phenoxy) is 2. The van der Waals surface area contributed by atoms with Crippen LogP contribution in [0, 0.1) is 12.8 Å². The van der Waals surface area contributed by atoms with Crippen LogP contribution in [-0.4, -0.2) is 63.8 Å². The van der Waals surface area contributed by atoms with Gasteiger partial charge in [-0.25, -0.2) is 14.6 Å². The van der Waals surface area contributed by atoms with Gasteiger partial charge in [-0.3, -0.25) is 14.2 Å². The third-order valence-electron chi connectivity index (χ3n) is 9.20. The molecule has 0 radical (unpaired) electrons. The highest BCUT2D eigenvalue weighted by molar-refractivity contribution is 6.31. The van der Waals surface area contributed by atoms with E-state index >= 15 is 0 Å². The number of nitrogens with zero attached hydrogens (tertiary/aromatic N) is 3. The van der Waals surface area contributed by atoms with Gasteiger partial charge in [0.15, 0.2) is 0 Å². The summed E-state index contributed by atoms with van der Waals surface area (Å²) in [5.74, 6) is 0.184. The maximum atomic E-state index is 14.3. The highest BCUT2D eigenvalue weighted by Gasteiger charge is 2.26. The Kier molecular flexibility index (Phi) is 14.9. The van der Waals surface area contributed by atoms with Crippen LogP contribution >= 0.6 is 11.6 Å². The smallest absolute Gasteiger partial charge is 0.407 e. The fourth-order valence-electron chi connectivity index (χ4n) is 6.46. The van der Waals surface area contributed by atoms with Crippen molar-refractivity contribution in [2.75, 3.05) is 19.6 Å². The van der Waals surface area contributed by atoms with E-state index in [2.05, 4.69) is 10.6 Å². The third-order valence-corrected chi connectivity index (χ3v) is 9.44. The maximum Gasteiger partial charge on any atom is 0.407 e.